The first-order chi connectivity index (χ1) is 9.72. The van der Waals surface area contributed by atoms with Crippen LogP contribution in [0.1, 0.15) is 24.5 Å². The number of allylic oxidation sites excluding steroid dienone is 3. The summed E-state index contributed by atoms with van der Waals surface area (Å²) >= 11 is 0. The number of amides is 1. The molecular weight excluding hydrogens is 250 g/mol. The third-order valence-corrected chi connectivity index (χ3v) is 3.58. The van der Waals surface area contributed by atoms with Gasteiger partial charge in [-0.05, 0) is 35.5 Å². The molecule has 1 aromatic carbocycles. The second kappa shape index (κ2) is 6.94. The van der Waals surface area contributed by atoms with E-state index in [0.717, 1.165) is 12.8 Å². The first-order valence-electron chi connectivity index (χ1n) is 7.02. The lowest BCUT2D eigenvalue weighted by atomic mass is 9.92. The number of benzene rings is 1. The Labute approximate surface area is 120 Å². The minimum absolute atomic E-state index is 0.341. The van der Waals surface area contributed by atoms with Crippen LogP contribution < -0.4 is 5.32 Å². The predicted molar refractivity (Wildman–Crippen MR) is 81.5 cm³/mol. The predicted octanol–water partition coefficient (Wildman–Crippen LogP) is 3.56. The third-order valence-electron chi connectivity index (χ3n) is 3.58. The number of rotatable bonds is 4. The monoisotopic (exact) mass is 271 g/mol. The van der Waals surface area contributed by atoms with Gasteiger partial charge in [0, 0.05) is 6.54 Å². The maximum absolute atomic E-state index is 11.0. The molecule has 0 spiro atoms. The summed E-state index contributed by atoms with van der Waals surface area (Å²) in [6.07, 6.45) is 8.14. The molecule has 1 aliphatic carbocycles. The standard InChI is InChI=1S/C17H21NO2/c1-3-13-4-8-15(9-5-13)16-10-6-14(7-11-16)12-18-17(19)20-2/h4-6,8-11,14H,3,7,12H2,1-2H3,(H,18,19). The van der Waals surface area contributed by atoms with Crippen LogP contribution in [0.25, 0.3) is 5.57 Å². The minimum atomic E-state index is -0.372. The van der Waals surface area contributed by atoms with Crippen molar-refractivity contribution in [2.45, 2.75) is 19.8 Å². The van der Waals surface area contributed by atoms with Gasteiger partial charge in [-0.25, -0.2) is 4.79 Å². The summed E-state index contributed by atoms with van der Waals surface area (Å²) in [4.78, 5) is 11.0. The maximum atomic E-state index is 11.0. The molecule has 106 valence electrons. The van der Waals surface area contributed by atoms with E-state index in [9.17, 15) is 4.79 Å². The highest BCUT2D eigenvalue weighted by molar-refractivity contribution is 5.75. The molecule has 0 aromatic heterocycles. The number of nitrogens with one attached hydrogen (secondary N) is 1. The van der Waals surface area contributed by atoms with E-state index in [1.807, 2.05) is 0 Å². The van der Waals surface area contributed by atoms with Gasteiger partial charge in [0.1, 0.15) is 0 Å². The summed E-state index contributed by atoms with van der Waals surface area (Å²) in [5.41, 5.74) is 3.86. The number of hydrogen-bond acceptors (Lipinski definition) is 2. The Morgan fingerprint density at radius 3 is 2.65 bits per heavy atom. The highest BCUT2D eigenvalue weighted by Crippen LogP contribution is 2.24. The molecule has 1 atom stereocenters. The van der Waals surface area contributed by atoms with Crippen LogP contribution in [0.4, 0.5) is 4.79 Å². The molecule has 0 bridgehead atoms. The van der Waals surface area contributed by atoms with Gasteiger partial charge in [-0.15, -0.1) is 0 Å². The zero-order valence-electron chi connectivity index (χ0n) is 12.1. The number of carbonyl (C=O) groups is 1. The van der Waals surface area contributed by atoms with E-state index in [1.54, 1.807) is 0 Å². The fourth-order valence-corrected chi connectivity index (χ4v) is 2.25. The molecule has 1 unspecified atom stereocenters. The van der Waals surface area contributed by atoms with Crippen molar-refractivity contribution in [3.05, 3.63) is 53.6 Å². The molecule has 20 heavy (non-hydrogen) atoms. The zero-order valence-corrected chi connectivity index (χ0v) is 12.1. The van der Waals surface area contributed by atoms with Gasteiger partial charge in [0.25, 0.3) is 0 Å². The van der Waals surface area contributed by atoms with E-state index in [1.165, 1.54) is 23.8 Å². The summed E-state index contributed by atoms with van der Waals surface area (Å²) in [6.45, 7) is 2.77. The summed E-state index contributed by atoms with van der Waals surface area (Å²) in [5.74, 6) is 0.341. The van der Waals surface area contributed by atoms with Crippen LogP contribution in [0.15, 0.2) is 42.5 Å². The molecule has 2 rings (SSSR count). The SMILES string of the molecule is CCc1ccc(C2=CCC(CNC(=O)OC)C=C2)cc1. The first kappa shape index (κ1) is 14.4. The van der Waals surface area contributed by atoms with E-state index < -0.39 is 0 Å². The summed E-state index contributed by atoms with van der Waals surface area (Å²) < 4.78 is 4.56. The molecule has 1 N–H and O–H groups in total. The highest BCUT2D eigenvalue weighted by atomic mass is 16.5. The van der Waals surface area contributed by atoms with Crippen LogP contribution in [0.2, 0.25) is 0 Å². The van der Waals surface area contributed by atoms with Crippen LogP contribution in [-0.2, 0) is 11.2 Å². The van der Waals surface area contributed by atoms with Crippen molar-refractivity contribution in [2.75, 3.05) is 13.7 Å². The Balaban J connectivity index is 1.92. The molecule has 1 amide bonds. The molecule has 0 saturated carbocycles. The first-order valence-corrected chi connectivity index (χ1v) is 7.02. The van der Waals surface area contributed by atoms with Gasteiger partial charge in [0.05, 0.1) is 7.11 Å². The molecule has 1 aromatic rings. The van der Waals surface area contributed by atoms with Crippen molar-refractivity contribution in [3.8, 4) is 0 Å². The van der Waals surface area contributed by atoms with Gasteiger partial charge in [0.15, 0.2) is 0 Å². The molecular formula is C17H21NO2. The zero-order chi connectivity index (χ0) is 14.4. The van der Waals surface area contributed by atoms with Gasteiger partial charge in [-0.2, -0.15) is 0 Å². The Bertz CT molecular complexity index is 514. The Kier molecular flexibility index (Phi) is 4.99. The van der Waals surface area contributed by atoms with Crippen LogP contribution in [-0.4, -0.2) is 19.7 Å². The van der Waals surface area contributed by atoms with Crippen molar-refractivity contribution >= 4 is 11.7 Å². The van der Waals surface area contributed by atoms with E-state index in [-0.39, 0.29) is 6.09 Å². The van der Waals surface area contributed by atoms with Gasteiger partial charge in [0.2, 0.25) is 0 Å². The van der Waals surface area contributed by atoms with E-state index >= 15 is 0 Å². The fourth-order valence-electron chi connectivity index (χ4n) is 2.25. The smallest absolute Gasteiger partial charge is 0.406 e. The summed E-state index contributed by atoms with van der Waals surface area (Å²) in [5, 5.41) is 2.73. The van der Waals surface area contributed by atoms with Crippen molar-refractivity contribution in [2.24, 2.45) is 5.92 Å². The normalized spacial score (nSPS) is 17.5. The van der Waals surface area contributed by atoms with E-state index in [2.05, 4.69) is 59.5 Å². The van der Waals surface area contributed by atoms with Crippen LogP contribution in [0.5, 0.6) is 0 Å². The highest BCUT2D eigenvalue weighted by Gasteiger charge is 2.11. The second-order valence-electron chi connectivity index (χ2n) is 4.94. The van der Waals surface area contributed by atoms with Crippen molar-refractivity contribution in [1.29, 1.82) is 0 Å². The van der Waals surface area contributed by atoms with Crippen LogP contribution in [0.3, 0.4) is 0 Å². The molecule has 3 heteroatoms. The maximum Gasteiger partial charge on any atom is 0.406 e. The molecule has 0 aliphatic heterocycles. The van der Waals surface area contributed by atoms with Gasteiger partial charge in [-0.1, -0.05) is 49.4 Å². The number of ether oxygens (including phenoxy) is 1. The summed E-state index contributed by atoms with van der Waals surface area (Å²) in [6, 6.07) is 8.69. The van der Waals surface area contributed by atoms with Crippen molar-refractivity contribution in [1.82, 2.24) is 5.32 Å². The number of aryl methyl sites for hydroxylation is 1. The fraction of sp³-hybridized carbons (Fsp3) is 0.353. The molecule has 1 aliphatic rings. The van der Waals surface area contributed by atoms with Gasteiger partial charge < -0.3 is 10.1 Å². The third kappa shape index (κ3) is 3.73. The van der Waals surface area contributed by atoms with Gasteiger partial charge >= 0.3 is 6.09 Å². The summed E-state index contributed by atoms with van der Waals surface area (Å²) in [7, 11) is 1.38. The number of alkyl carbamates (subject to hydrolysis) is 1. The topological polar surface area (TPSA) is 38.3 Å². The van der Waals surface area contributed by atoms with E-state index in [4.69, 9.17) is 0 Å². The minimum Gasteiger partial charge on any atom is -0.453 e. The second-order valence-corrected chi connectivity index (χ2v) is 4.94. The van der Waals surface area contributed by atoms with Crippen molar-refractivity contribution in [3.63, 3.8) is 0 Å². The molecule has 0 fully saturated rings. The Morgan fingerprint density at radius 2 is 2.10 bits per heavy atom. The molecule has 3 nitrogen and oxygen atoms in total. The number of methoxy groups -OCH3 is 1. The Morgan fingerprint density at radius 1 is 1.35 bits per heavy atom. The average Bonchev–Trinajstić information content (AvgIpc) is 2.53. The van der Waals surface area contributed by atoms with E-state index in [0.29, 0.717) is 12.5 Å². The van der Waals surface area contributed by atoms with Crippen molar-refractivity contribution < 1.29 is 9.53 Å². The largest absolute Gasteiger partial charge is 0.453 e. The molecule has 0 radical (unpaired) electrons. The lowest BCUT2D eigenvalue weighted by Crippen LogP contribution is -2.28. The Hall–Kier alpha value is -2.03. The quantitative estimate of drug-likeness (QED) is 0.909. The molecule has 0 heterocycles. The molecule has 0 saturated heterocycles. The lowest BCUT2D eigenvalue weighted by molar-refractivity contribution is 0.170. The lowest BCUT2D eigenvalue weighted by Gasteiger charge is -2.16. The van der Waals surface area contributed by atoms with Gasteiger partial charge in [-0.3, -0.25) is 0 Å². The number of hydrogen-bond donors (Lipinski definition) is 1. The number of carbonyl (C=O) groups excluding carboxylic acids is 1. The van der Waals surface area contributed by atoms with Crippen LogP contribution in [0, 0.1) is 5.92 Å². The average molecular weight is 271 g/mol. The van der Waals surface area contributed by atoms with Crippen LogP contribution >= 0.6 is 0 Å².